The number of carbonyl (C=O) groups is 2. The number of amides is 1. The van der Waals surface area contributed by atoms with Crippen molar-refractivity contribution in [1.29, 1.82) is 0 Å². The molecule has 0 bridgehead atoms. The Balaban J connectivity index is 1.41. The standard InChI is InChI=1S/C33H25FN4O3/c1-20(22-12-14-24(15-13-22)33(40)41)35-32(39)28-18-26(27-8-4-5-9-29(27)34)19-38-31(28)30(36-37-38)17-21-10-11-23-6-2-3-7-25(23)16-21/h2-16,18-20H,17H2,1H3,(H,35,39)(H,40,41)/t20-/m0/s1. The quantitative estimate of drug-likeness (QED) is 0.240. The third-order valence-electron chi connectivity index (χ3n) is 7.20. The maximum Gasteiger partial charge on any atom is 0.335 e. The molecular weight excluding hydrogens is 519 g/mol. The predicted molar refractivity (Wildman–Crippen MR) is 154 cm³/mol. The van der Waals surface area contributed by atoms with Crippen LogP contribution >= 0.6 is 0 Å². The molecule has 1 atom stereocenters. The Morgan fingerprint density at radius 3 is 2.41 bits per heavy atom. The van der Waals surface area contributed by atoms with Gasteiger partial charge in [0.1, 0.15) is 11.3 Å². The highest BCUT2D eigenvalue weighted by atomic mass is 19.1. The van der Waals surface area contributed by atoms with Gasteiger partial charge in [-0.3, -0.25) is 4.79 Å². The Bertz CT molecular complexity index is 1930. The highest BCUT2D eigenvalue weighted by molar-refractivity contribution is 6.02. The van der Waals surface area contributed by atoms with Gasteiger partial charge in [-0.2, -0.15) is 0 Å². The summed E-state index contributed by atoms with van der Waals surface area (Å²) in [5.41, 5.74) is 4.20. The van der Waals surface area contributed by atoms with Gasteiger partial charge in [0.25, 0.3) is 5.91 Å². The van der Waals surface area contributed by atoms with Crippen LogP contribution in [-0.4, -0.2) is 31.8 Å². The van der Waals surface area contributed by atoms with E-state index in [-0.39, 0.29) is 11.5 Å². The van der Waals surface area contributed by atoms with Crippen molar-refractivity contribution in [3.63, 3.8) is 0 Å². The lowest BCUT2D eigenvalue weighted by atomic mass is 10.00. The highest BCUT2D eigenvalue weighted by Crippen LogP contribution is 2.28. The molecule has 6 aromatic rings. The summed E-state index contributed by atoms with van der Waals surface area (Å²) >= 11 is 0. The van der Waals surface area contributed by atoms with Crippen molar-refractivity contribution in [1.82, 2.24) is 20.1 Å². The molecule has 0 aliphatic rings. The number of hydrogen-bond acceptors (Lipinski definition) is 4. The highest BCUT2D eigenvalue weighted by Gasteiger charge is 2.22. The lowest BCUT2D eigenvalue weighted by Gasteiger charge is -2.16. The number of aromatic carboxylic acids is 1. The van der Waals surface area contributed by atoms with Crippen molar-refractivity contribution < 1.29 is 19.1 Å². The van der Waals surface area contributed by atoms with Crippen LogP contribution in [0.1, 0.15) is 50.5 Å². The van der Waals surface area contributed by atoms with Gasteiger partial charge < -0.3 is 10.4 Å². The van der Waals surface area contributed by atoms with E-state index < -0.39 is 17.8 Å². The Hall–Kier alpha value is -5.37. The van der Waals surface area contributed by atoms with E-state index in [0.717, 1.165) is 21.9 Å². The molecule has 6 rings (SSSR count). The van der Waals surface area contributed by atoms with Gasteiger partial charge in [-0.05, 0) is 53.1 Å². The van der Waals surface area contributed by atoms with E-state index in [1.165, 1.54) is 22.7 Å². The van der Waals surface area contributed by atoms with Gasteiger partial charge >= 0.3 is 5.97 Å². The molecule has 0 aliphatic carbocycles. The molecule has 4 aromatic carbocycles. The van der Waals surface area contributed by atoms with Crippen molar-refractivity contribution in [2.24, 2.45) is 0 Å². The summed E-state index contributed by atoms with van der Waals surface area (Å²) < 4.78 is 16.3. The molecule has 8 heteroatoms. The summed E-state index contributed by atoms with van der Waals surface area (Å²) in [6.07, 6.45) is 2.12. The summed E-state index contributed by atoms with van der Waals surface area (Å²) in [6.45, 7) is 1.82. The van der Waals surface area contributed by atoms with Gasteiger partial charge in [0.05, 0.1) is 22.9 Å². The number of aromatic nitrogens is 3. The molecule has 0 saturated carbocycles. The molecule has 41 heavy (non-hydrogen) atoms. The van der Waals surface area contributed by atoms with Crippen LogP contribution in [0.15, 0.2) is 103 Å². The first-order valence-corrected chi connectivity index (χ1v) is 13.1. The van der Waals surface area contributed by atoms with E-state index in [1.54, 1.807) is 42.6 Å². The van der Waals surface area contributed by atoms with Crippen LogP contribution in [0.5, 0.6) is 0 Å². The average molecular weight is 545 g/mol. The maximum atomic E-state index is 14.8. The summed E-state index contributed by atoms with van der Waals surface area (Å²) in [5.74, 6) is -1.82. The second kappa shape index (κ2) is 10.7. The normalized spacial score (nSPS) is 12.0. The zero-order valence-electron chi connectivity index (χ0n) is 22.1. The number of nitrogens with zero attached hydrogens (tertiary/aromatic N) is 3. The van der Waals surface area contributed by atoms with Crippen molar-refractivity contribution in [2.45, 2.75) is 19.4 Å². The minimum Gasteiger partial charge on any atom is -0.478 e. The number of carboxylic acids is 1. The number of rotatable bonds is 7. The Labute approximate surface area is 234 Å². The fourth-order valence-electron chi connectivity index (χ4n) is 5.04. The van der Waals surface area contributed by atoms with Crippen molar-refractivity contribution >= 4 is 28.2 Å². The monoisotopic (exact) mass is 544 g/mol. The Kier molecular flexibility index (Phi) is 6.73. The van der Waals surface area contributed by atoms with E-state index in [1.807, 2.05) is 31.2 Å². The second-order valence-electron chi connectivity index (χ2n) is 9.93. The molecule has 2 aromatic heterocycles. The van der Waals surface area contributed by atoms with E-state index >= 15 is 0 Å². The lowest BCUT2D eigenvalue weighted by Crippen LogP contribution is -2.27. The molecule has 7 nitrogen and oxygen atoms in total. The van der Waals surface area contributed by atoms with Gasteiger partial charge in [-0.1, -0.05) is 78.0 Å². The molecule has 0 radical (unpaired) electrons. The fourth-order valence-corrected chi connectivity index (χ4v) is 5.04. The average Bonchev–Trinajstić information content (AvgIpc) is 3.39. The minimum absolute atomic E-state index is 0.162. The third kappa shape index (κ3) is 5.15. The molecular formula is C33H25FN4O3. The van der Waals surface area contributed by atoms with Crippen molar-refractivity contribution in [2.75, 3.05) is 0 Å². The largest absolute Gasteiger partial charge is 0.478 e. The van der Waals surface area contributed by atoms with Gasteiger partial charge in [0, 0.05) is 23.7 Å². The third-order valence-corrected chi connectivity index (χ3v) is 7.20. The number of fused-ring (bicyclic) bond motifs is 2. The lowest BCUT2D eigenvalue weighted by molar-refractivity contribution is 0.0696. The number of carbonyl (C=O) groups excluding carboxylic acids is 1. The number of nitrogens with one attached hydrogen (secondary N) is 1. The maximum absolute atomic E-state index is 14.8. The van der Waals surface area contributed by atoms with Crippen LogP contribution in [-0.2, 0) is 6.42 Å². The number of halogens is 1. The molecule has 0 saturated heterocycles. The van der Waals surface area contributed by atoms with Crippen LogP contribution in [0.25, 0.3) is 27.4 Å². The first-order chi connectivity index (χ1) is 19.9. The van der Waals surface area contributed by atoms with E-state index in [4.69, 9.17) is 0 Å². The van der Waals surface area contributed by atoms with E-state index in [9.17, 15) is 19.1 Å². The summed E-state index contributed by atoms with van der Waals surface area (Å²) in [4.78, 5) is 25.0. The van der Waals surface area contributed by atoms with Gasteiger partial charge in [0.15, 0.2) is 0 Å². The topological polar surface area (TPSA) is 96.6 Å². The SMILES string of the molecule is C[C@H](NC(=O)c1cc(-c2ccccc2F)cn2nnc(Cc3ccc4ccccc4c3)c12)c1ccc(C(=O)O)cc1. The van der Waals surface area contributed by atoms with Gasteiger partial charge in [-0.25, -0.2) is 13.7 Å². The molecule has 1 amide bonds. The molecule has 0 fully saturated rings. The van der Waals surface area contributed by atoms with Crippen LogP contribution in [0, 0.1) is 5.82 Å². The van der Waals surface area contributed by atoms with Crippen molar-refractivity contribution in [3.8, 4) is 11.1 Å². The fraction of sp³-hybridized carbons (Fsp3) is 0.0909. The first-order valence-electron chi connectivity index (χ1n) is 13.1. The molecule has 0 unspecified atom stereocenters. The molecule has 0 spiro atoms. The number of carboxylic acid groups (broad SMARTS) is 1. The van der Waals surface area contributed by atoms with Gasteiger partial charge in [-0.15, -0.1) is 5.10 Å². The van der Waals surface area contributed by atoms with Gasteiger partial charge in [0.2, 0.25) is 0 Å². The smallest absolute Gasteiger partial charge is 0.335 e. The van der Waals surface area contributed by atoms with Crippen LogP contribution in [0.4, 0.5) is 4.39 Å². The number of pyridine rings is 1. The first kappa shape index (κ1) is 25.9. The van der Waals surface area contributed by atoms with Crippen LogP contribution in [0.3, 0.4) is 0 Å². The van der Waals surface area contributed by atoms with Crippen LogP contribution in [0.2, 0.25) is 0 Å². The number of benzene rings is 4. The summed E-state index contributed by atoms with van der Waals surface area (Å²) in [7, 11) is 0. The summed E-state index contributed by atoms with van der Waals surface area (Å²) in [6, 6.07) is 28.2. The zero-order chi connectivity index (χ0) is 28.5. The molecule has 2 N–H and O–H groups in total. The Morgan fingerprint density at radius 1 is 0.927 bits per heavy atom. The zero-order valence-corrected chi connectivity index (χ0v) is 22.1. The van der Waals surface area contributed by atoms with Crippen molar-refractivity contribution in [3.05, 3.63) is 137 Å². The predicted octanol–water partition coefficient (Wildman–Crippen LogP) is 6.47. The second-order valence-corrected chi connectivity index (χ2v) is 9.93. The van der Waals surface area contributed by atoms with E-state index in [2.05, 4.69) is 33.8 Å². The van der Waals surface area contributed by atoms with Crippen LogP contribution < -0.4 is 5.32 Å². The molecule has 202 valence electrons. The van der Waals surface area contributed by atoms with E-state index in [0.29, 0.717) is 34.3 Å². The number of hydrogen-bond donors (Lipinski definition) is 2. The molecule has 2 heterocycles. The summed E-state index contributed by atoms with van der Waals surface area (Å²) in [5, 5.41) is 23.2. The molecule has 0 aliphatic heterocycles. The Morgan fingerprint density at radius 2 is 1.66 bits per heavy atom. The minimum atomic E-state index is -1.02.